The van der Waals surface area contributed by atoms with Gasteiger partial charge in [-0.25, -0.2) is 0 Å². The topological polar surface area (TPSA) is 20.3 Å². The molecule has 1 atom stereocenters. The largest absolute Gasteiger partial charge is 0.337 e. The van der Waals surface area contributed by atoms with Crippen LogP contribution in [0.4, 0.5) is 0 Å². The summed E-state index contributed by atoms with van der Waals surface area (Å²) in [7, 11) is 0. The van der Waals surface area contributed by atoms with Gasteiger partial charge in [0.15, 0.2) is 0 Å². The van der Waals surface area contributed by atoms with Gasteiger partial charge in [0.2, 0.25) is 5.91 Å². The minimum Gasteiger partial charge on any atom is -0.337 e. The fourth-order valence-electron chi connectivity index (χ4n) is 3.24. The van der Waals surface area contributed by atoms with Gasteiger partial charge in [0.1, 0.15) is 0 Å². The lowest BCUT2D eigenvalue weighted by molar-refractivity contribution is -0.140. The molecule has 1 aliphatic rings. The number of rotatable bonds is 8. The van der Waals surface area contributed by atoms with E-state index in [2.05, 4.69) is 25.7 Å². The van der Waals surface area contributed by atoms with Crippen LogP contribution >= 0.6 is 0 Å². The first kappa shape index (κ1) is 15.5. The second-order valence-corrected chi connectivity index (χ2v) is 6.06. The van der Waals surface area contributed by atoms with Gasteiger partial charge in [-0.15, -0.1) is 0 Å². The smallest absolute Gasteiger partial charge is 0.223 e. The average molecular weight is 253 g/mol. The molecule has 0 N–H and O–H groups in total. The molecule has 106 valence electrons. The molecule has 1 aliphatic heterocycles. The van der Waals surface area contributed by atoms with E-state index in [-0.39, 0.29) is 5.54 Å². The predicted molar refractivity (Wildman–Crippen MR) is 77.6 cm³/mol. The molecule has 2 heteroatoms. The second kappa shape index (κ2) is 7.81. The highest BCUT2D eigenvalue weighted by Gasteiger charge is 2.34. The van der Waals surface area contributed by atoms with Crippen molar-refractivity contribution in [3.63, 3.8) is 0 Å². The molecule has 0 aromatic rings. The number of likely N-dealkylation sites (tertiary alicyclic amines) is 1. The molecule has 0 aromatic heterocycles. The number of piperidine rings is 1. The molecule has 1 amide bonds. The Bertz CT molecular complexity index is 251. The predicted octanol–water partition coefficient (Wildman–Crippen LogP) is 4.53. The molecule has 2 nitrogen and oxygen atoms in total. The van der Waals surface area contributed by atoms with E-state index < -0.39 is 0 Å². The summed E-state index contributed by atoms with van der Waals surface area (Å²) in [6, 6.07) is 0. The highest BCUT2D eigenvalue weighted by Crippen LogP contribution is 2.31. The van der Waals surface area contributed by atoms with E-state index >= 15 is 0 Å². The lowest BCUT2D eigenvalue weighted by Gasteiger charge is -2.44. The first-order valence-electron chi connectivity index (χ1n) is 7.94. The van der Waals surface area contributed by atoms with Crippen LogP contribution in [0.15, 0.2) is 0 Å². The summed E-state index contributed by atoms with van der Waals surface area (Å²) >= 11 is 0. The molecule has 0 aliphatic carbocycles. The van der Waals surface area contributed by atoms with Gasteiger partial charge in [0.05, 0.1) is 0 Å². The van der Waals surface area contributed by atoms with Crippen molar-refractivity contribution in [3.05, 3.63) is 0 Å². The van der Waals surface area contributed by atoms with E-state index in [0.29, 0.717) is 5.91 Å². The van der Waals surface area contributed by atoms with Crippen LogP contribution in [0.5, 0.6) is 0 Å². The van der Waals surface area contributed by atoms with E-state index in [1.54, 1.807) is 0 Å². The van der Waals surface area contributed by atoms with Gasteiger partial charge in [-0.3, -0.25) is 4.79 Å². The van der Waals surface area contributed by atoms with Gasteiger partial charge < -0.3 is 4.90 Å². The zero-order chi connectivity index (χ0) is 13.4. The summed E-state index contributed by atoms with van der Waals surface area (Å²) in [4.78, 5) is 14.3. The number of nitrogens with zero attached hydrogens (tertiary/aromatic N) is 1. The molecule has 0 aromatic carbocycles. The summed E-state index contributed by atoms with van der Waals surface area (Å²) in [6.45, 7) is 7.78. The Kier molecular flexibility index (Phi) is 6.73. The van der Waals surface area contributed by atoms with Crippen molar-refractivity contribution in [3.8, 4) is 0 Å². The van der Waals surface area contributed by atoms with E-state index in [0.717, 1.165) is 25.8 Å². The highest BCUT2D eigenvalue weighted by atomic mass is 16.2. The zero-order valence-electron chi connectivity index (χ0n) is 12.6. The lowest BCUT2D eigenvalue weighted by atomic mass is 9.86. The zero-order valence-corrected chi connectivity index (χ0v) is 12.6. The van der Waals surface area contributed by atoms with Crippen molar-refractivity contribution < 1.29 is 4.79 Å². The second-order valence-electron chi connectivity index (χ2n) is 6.06. The molecule has 0 spiro atoms. The molecule has 0 saturated carbocycles. The minimum absolute atomic E-state index is 0.125. The van der Waals surface area contributed by atoms with Crippen LogP contribution in [0.1, 0.15) is 85.0 Å². The summed E-state index contributed by atoms with van der Waals surface area (Å²) < 4.78 is 0. The van der Waals surface area contributed by atoms with Crippen LogP contribution in [0.3, 0.4) is 0 Å². The van der Waals surface area contributed by atoms with Gasteiger partial charge >= 0.3 is 0 Å². The Balaban J connectivity index is 2.56. The number of hydrogen-bond donors (Lipinski definition) is 0. The molecule has 0 radical (unpaired) electrons. The maximum atomic E-state index is 12.1. The third-order valence-corrected chi connectivity index (χ3v) is 4.33. The SMILES string of the molecule is CCCCCCC(C)(CCC)N1CCCCC1=O. The highest BCUT2D eigenvalue weighted by molar-refractivity contribution is 5.77. The number of unbranched alkanes of at least 4 members (excludes halogenated alkanes) is 3. The van der Waals surface area contributed by atoms with Gasteiger partial charge in [-0.2, -0.15) is 0 Å². The standard InChI is InChI=1S/C16H31NO/c1-4-6-7-9-13-16(3,12-5-2)17-14-10-8-11-15(17)18/h4-14H2,1-3H3. The quantitative estimate of drug-likeness (QED) is 0.582. The fraction of sp³-hybridized carbons (Fsp3) is 0.938. The Morgan fingerprint density at radius 1 is 1.06 bits per heavy atom. The van der Waals surface area contributed by atoms with Crippen LogP contribution in [0, 0.1) is 0 Å². The summed E-state index contributed by atoms with van der Waals surface area (Å²) in [5.74, 6) is 0.396. The average Bonchev–Trinajstić information content (AvgIpc) is 2.35. The van der Waals surface area contributed by atoms with Crippen molar-refractivity contribution in [2.24, 2.45) is 0 Å². The number of carbonyl (C=O) groups is 1. The van der Waals surface area contributed by atoms with E-state index in [1.807, 2.05) is 0 Å². The monoisotopic (exact) mass is 253 g/mol. The first-order valence-corrected chi connectivity index (χ1v) is 7.94. The number of carbonyl (C=O) groups excluding carboxylic acids is 1. The molecule has 1 rings (SSSR count). The van der Waals surface area contributed by atoms with Crippen molar-refractivity contribution in [2.45, 2.75) is 90.5 Å². The molecule has 1 saturated heterocycles. The number of hydrogen-bond acceptors (Lipinski definition) is 1. The van der Waals surface area contributed by atoms with Gasteiger partial charge in [-0.1, -0.05) is 46.0 Å². The van der Waals surface area contributed by atoms with Crippen LogP contribution in [-0.2, 0) is 4.79 Å². The van der Waals surface area contributed by atoms with Gasteiger partial charge in [-0.05, 0) is 32.6 Å². The Morgan fingerprint density at radius 2 is 1.83 bits per heavy atom. The van der Waals surface area contributed by atoms with Gasteiger partial charge in [0, 0.05) is 18.5 Å². The maximum Gasteiger partial charge on any atom is 0.223 e. The molecular weight excluding hydrogens is 222 g/mol. The first-order chi connectivity index (χ1) is 8.64. The third-order valence-electron chi connectivity index (χ3n) is 4.33. The molecule has 1 fully saturated rings. The van der Waals surface area contributed by atoms with Crippen molar-refractivity contribution in [1.29, 1.82) is 0 Å². The van der Waals surface area contributed by atoms with Crippen LogP contribution in [0.25, 0.3) is 0 Å². The molecular formula is C16H31NO. The lowest BCUT2D eigenvalue weighted by Crippen LogP contribution is -2.51. The van der Waals surface area contributed by atoms with Crippen molar-refractivity contribution >= 4 is 5.91 Å². The van der Waals surface area contributed by atoms with Gasteiger partial charge in [0.25, 0.3) is 0 Å². The fourth-order valence-corrected chi connectivity index (χ4v) is 3.24. The van der Waals surface area contributed by atoms with Crippen molar-refractivity contribution in [2.75, 3.05) is 6.54 Å². The molecule has 1 heterocycles. The molecule has 1 unspecified atom stereocenters. The molecule has 0 bridgehead atoms. The van der Waals surface area contributed by atoms with E-state index in [9.17, 15) is 4.79 Å². The van der Waals surface area contributed by atoms with Crippen molar-refractivity contribution in [1.82, 2.24) is 4.90 Å². The van der Waals surface area contributed by atoms with E-state index in [4.69, 9.17) is 0 Å². The van der Waals surface area contributed by atoms with E-state index in [1.165, 1.54) is 44.9 Å². The normalized spacial score (nSPS) is 19.9. The summed E-state index contributed by atoms with van der Waals surface area (Å²) in [5.41, 5.74) is 0.125. The summed E-state index contributed by atoms with van der Waals surface area (Å²) in [6.07, 6.45) is 11.8. The summed E-state index contributed by atoms with van der Waals surface area (Å²) in [5, 5.41) is 0. The van der Waals surface area contributed by atoms with Crippen LogP contribution < -0.4 is 0 Å². The van der Waals surface area contributed by atoms with Crippen LogP contribution in [-0.4, -0.2) is 22.9 Å². The Labute approximate surface area is 113 Å². The maximum absolute atomic E-state index is 12.1. The minimum atomic E-state index is 0.125. The Morgan fingerprint density at radius 3 is 2.44 bits per heavy atom. The molecule has 18 heavy (non-hydrogen) atoms. The van der Waals surface area contributed by atoms with Crippen LogP contribution in [0.2, 0.25) is 0 Å². The third kappa shape index (κ3) is 4.29. The number of amides is 1. The Hall–Kier alpha value is -0.530.